The molecule has 0 aliphatic rings. The molecular weight excluding hydrogens is 432 g/mol. The second-order valence-corrected chi connectivity index (χ2v) is 8.24. The number of thioether (sulfide) groups is 1. The number of carbonyl (C=O) groups is 1. The van der Waals surface area contributed by atoms with Crippen LogP contribution < -0.4 is 10.1 Å². The van der Waals surface area contributed by atoms with E-state index in [2.05, 4.69) is 15.4 Å². The van der Waals surface area contributed by atoms with E-state index in [0.29, 0.717) is 17.3 Å². The molecule has 1 amide bonds. The molecule has 2 aromatic heterocycles. The lowest BCUT2D eigenvalue weighted by Crippen LogP contribution is -2.14. The smallest absolute Gasteiger partial charge is 0.234 e. The zero-order valence-electron chi connectivity index (χ0n) is 17.1. The quantitative estimate of drug-likeness (QED) is 0.375. The van der Waals surface area contributed by atoms with E-state index >= 15 is 0 Å². The van der Waals surface area contributed by atoms with E-state index in [1.807, 2.05) is 56.3 Å². The van der Waals surface area contributed by atoms with Crippen molar-refractivity contribution in [1.29, 1.82) is 0 Å². The Hall–Kier alpha value is -3.03. The largest absolute Gasteiger partial charge is 0.494 e. The van der Waals surface area contributed by atoms with Gasteiger partial charge in [-0.1, -0.05) is 29.4 Å². The number of nitrogens with zero attached hydrogens (tertiary/aromatic N) is 3. The second kappa shape index (κ2) is 9.41. The minimum absolute atomic E-state index is 0.147. The molecule has 1 N–H and O–H groups in total. The van der Waals surface area contributed by atoms with Crippen molar-refractivity contribution >= 4 is 40.5 Å². The number of amides is 1. The van der Waals surface area contributed by atoms with E-state index in [0.717, 1.165) is 33.1 Å². The van der Waals surface area contributed by atoms with Gasteiger partial charge in [-0.15, -0.1) is 0 Å². The Morgan fingerprint density at radius 1 is 1.19 bits per heavy atom. The van der Waals surface area contributed by atoms with Crippen LogP contribution in [0.1, 0.15) is 12.5 Å². The van der Waals surface area contributed by atoms with Gasteiger partial charge in [-0.2, -0.15) is 5.10 Å². The van der Waals surface area contributed by atoms with Gasteiger partial charge >= 0.3 is 0 Å². The lowest BCUT2D eigenvalue weighted by molar-refractivity contribution is -0.113. The van der Waals surface area contributed by atoms with Crippen LogP contribution in [0, 0.1) is 6.92 Å². The number of nitrogens with one attached hydrogen (secondary N) is 1. The summed E-state index contributed by atoms with van der Waals surface area (Å²) in [5, 5.41) is 8.74. The molecule has 0 saturated heterocycles. The van der Waals surface area contributed by atoms with Gasteiger partial charge in [0.2, 0.25) is 5.91 Å². The second-order valence-electron chi connectivity index (χ2n) is 6.87. The van der Waals surface area contributed by atoms with Crippen LogP contribution in [-0.4, -0.2) is 32.9 Å². The number of carbonyl (C=O) groups excluding carboxylic acids is 1. The highest BCUT2D eigenvalue weighted by atomic mass is 35.5. The molecule has 0 spiro atoms. The van der Waals surface area contributed by atoms with Crippen molar-refractivity contribution in [2.45, 2.75) is 18.9 Å². The first-order valence-electron chi connectivity index (χ1n) is 9.80. The third-order valence-electron chi connectivity index (χ3n) is 4.55. The molecule has 0 bridgehead atoms. The van der Waals surface area contributed by atoms with Crippen LogP contribution in [0.15, 0.2) is 66.0 Å². The average molecular weight is 453 g/mol. The lowest BCUT2D eigenvalue weighted by atomic mass is 10.1. The number of fused-ring (bicyclic) bond motifs is 1. The Bertz CT molecular complexity index is 1220. The van der Waals surface area contributed by atoms with E-state index in [4.69, 9.17) is 16.3 Å². The van der Waals surface area contributed by atoms with Gasteiger partial charge in [-0.3, -0.25) is 4.79 Å². The first-order chi connectivity index (χ1) is 15.0. The lowest BCUT2D eigenvalue weighted by Gasteiger charge is -2.08. The molecule has 31 heavy (non-hydrogen) atoms. The van der Waals surface area contributed by atoms with E-state index in [1.165, 1.54) is 11.8 Å². The van der Waals surface area contributed by atoms with Gasteiger partial charge in [-0.25, -0.2) is 9.50 Å². The maximum absolute atomic E-state index is 12.4. The number of aryl methyl sites for hydroxylation is 1. The average Bonchev–Trinajstić information content (AvgIpc) is 3.20. The number of benzene rings is 2. The molecule has 0 aliphatic heterocycles. The molecule has 0 saturated carbocycles. The molecule has 0 fully saturated rings. The number of halogens is 1. The normalized spacial score (nSPS) is 10.9. The van der Waals surface area contributed by atoms with Gasteiger partial charge in [-0.05, 0) is 61.9 Å². The Morgan fingerprint density at radius 2 is 2.00 bits per heavy atom. The third-order valence-corrected chi connectivity index (χ3v) is 5.86. The van der Waals surface area contributed by atoms with Crippen LogP contribution in [0.5, 0.6) is 5.75 Å². The van der Waals surface area contributed by atoms with Crippen molar-refractivity contribution in [2.24, 2.45) is 0 Å². The summed E-state index contributed by atoms with van der Waals surface area (Å²) < 4.78 is 7.27. The highest BCUT2D eigenvalue weighted by molar-refractivity contribution is 8.00. The number of aromatic nitrogens is 3. The monoisotopic (exact) mass is 452 g/mol. The van der Waals surface area contributed by atoms with E-state index in [9.17, 15) is 4.79 Å². The van der Waals surface area contributed by atoms with E-state index in [1.54, 1.807) is 23.0 Å². The molecule has 0 aliphatic carbocycles. The molecular formula is C23H21ClN4O2S. The minimum atomic E-state index is -0.147. The highest BCUT2D eigenvalue weighted by Gasteiger charge is 2.12. The fraction of sp³-hybridized carbons (Fsp3) is 0.174. The number of rotatable bonds is 7. The maximum Gasteiger partial charge on any atom is 0.234 e. The topological polar surface area (TPSA) is 68.5 Å². The number of ether oxygens (including phenoxy) is 1. The van der Waals surface area contributed by atoms with Gasteiger partial charge in [0.15, 0.2) is 0 Å². The zero-order chi connectivity index (χ0) is 21.8. The van der Waals surface area contributed by atoms with Crippen LogP contribution in [0.4, 0.5) is 5.69 Å². The van der Waals surface area contributed by atoms with Crippen molar-refractivity contribution in [3.63, 3.8) is 0 Å². The van der Waals surface area contributed by atoms with Crippen molar-refractivity contribution in [3.05, 3.63) is 71.5 Å². The summed E-state index contributed by atoms with van der Waals surface area (Å²) in [5.74, 6) is 0.888. The predicted octanol–water partition coefficient (Wildman–Crippen LogP) is 5.49. The first kappa shape index (κ1) is 21.2. The van der Waals surface area contributed by atoms with Crippen molar-refractivity contribution in [2.75, 3.05) is 17.7 Å². The summed E-state index contributed by atoms with van der Waals surface area (Å²) in [6.07, 6.45) is 3.47. The number of hydrogen-bond donors (Lipinski definition) is 1. The van der Waals surface area contributed by atoms with Gasteiger partial charge in [0, 0.05) is 18.0 Å². The molecule has 0 unspecified atom stereocenters. The van der Waals surface area contributed by atoms with Gasteiger partial charge in [0.1, 0.15) is 10.8 Å². The Morgan fingerprint density at radius 3 is 2.74 bits per heavy atom. The first-order valence-corrected chi connectivity index (χ1v) is 11.2. The Labute approximate surface area is 189 Å². The van der Waals surface area contributed by atoms with Gasteiger partial charge in [0.25, 0.3) is 0 Å². The molecule has 0 atom stereocenters. The van der Waals surface area contributed by atoms with Crippen LogP contribution >= 0.6 is 23.4 Å². The standard InChI is InChI=1S/C23H21ClN4O2S/c1-3-30-17-7-5-16(6-8-17)20-13-21-23(25-10-11-28(21)27-20)31-14-22(29)26-19-9-4-15(2)12-18(19)24/h4-13H,3,14H2,1-2H3,(H,26,29). The molecule has 158 valence electrons. The molecule has 0 radical (unpaired) electrons. The summed E-state index contributed by atoms with van der Waals surface area (Å²) in [4.78, 5) is 16.9. The van der Waals surface area contributed by atoms with Crippen molar-refractivity contribution in [3.8, 4) is 17.0 Å². The van der Waals surface area contributed by atoms with Crippen molar-refractivity contribution < 1.29 is 9.53 Å². The summed E-state index contributed by atoms with van der Waals surface area (Å²) in [7, 11) is 0. The fourth-order valence-electron chi connectivity index (χ4n) is 3.08. The van der Waals surface area contributed by atoms with Gasteiger partial charge in [0.05, 0.1) is 34.3 Å². The van der Waals surface area contributed by atoms with E-state index < -0.39 is 0 Å². The minimum Gasteiger partial charge on any atom is -0.494 e. The fourth-order valence-corrected chi connectivity index (χ4v) is 4.14. The van der Waals surface area contributed by atoms with Gasteiger partial charge < -0.3 is 10.1 Å². The number of anilines is 1. The summed E-state index contributed by atoms with van der Waals surface area (Å²) >= 11 is 7.56. The SMILES string of the molecule is CCOc1ccc(-c2cc3c(SCC(=O)Nc4ccc(C)cc4Cl)nccn3n2)cc1. The Kier molecular flexibility index (Phi) is 6.44. The molecule has 8 heteroatoms. The molecule has 6 nitrogen and oxygen atoms in total. The predicted molar refractivity (Wildman–Crippen MR) is 125 cm³/mol. The van der Waals surface area contributed by atoms with Crippen LogP contribution in [0.3, 0.4) is 0 Å². The van der Waals surface area contributed by atoms with Crippen molar-refractivity contribution in [1.82, 2.24) is 14.6 Å². The van der Waals surface area contributed by atoms with Crippen LogP contribution in [0.25, 0.3) is 16.8 Å². The maximum atomic E-state index is 12.4. The third kappa shape index (κ3) is 5.00. The molecule has 4 aromatic rings. The molecule has 2 aromatic carbocycles. The number of hydrogen-bond acceptors (Lipinski definition) is 5. The molecule has 4 rings (SSSR count). The Balaban J connectivity index is 1.48. The highest BCUT2D eigenvalue weighted by Crippen LogP contribution is 2.28. The van der Waals surface area contributed by atoms with E-state index in [-0.39, 0.29) is 11.7 Å². The molecule has 2 heterocycles. The summed E-state index contributed by atoms with van der Waals surface area (Å²) in [6, 6.07) is 15.3. The zero-order valence-corrected chi connectivity index (χ0v) is 18.7. The summed E-state index contributed by atoms with van der Waals surface area (Å²) in [6.45, 7) is 4.54. The summed E-state index contributed by atoms with van der Waals surface area (Å²) in [5.41, 5.74) is 4.30. The van der Waals surface area contributed by atoms with Crippen LogP contribution in [-0.2, 0) is 4.79 Å². The van der Waals surface area contributed by atoms with Crippen LogP contribution in [0.2, 0.25) is 5.02 Å².